The Morgan fingerprint density at radius 2 is 1.60 bits per heavy atom. The first-order valence-corrected chi connectivity index (χ1v) is 15.7. The van der Waals surface area contributed by atoms with Gasteiger partial charge in [0.1, 0.15) is 6.61 Å². The minimum Gasteiger partial charge on any atom is -0.490 e. The van der Waals surface area contributed by atoms with Gasteiger partial charge in [0.05, 0.1) is 18.2 Å². The molecule has 43 heavy (non-hydrogen) atoms. The lowest BCUT2D eigenvalue weighted by atomic mass is 9.71. The van der Waals surface area contributed by atoms with E-state index >= 15 is 0 Å². The van der Waals surface area contributed by atoms with Crippen LogP contribution in [0.2, 0.25) is 5.02 Å². The minimum atomic E-state index is -0.476. The Morgan fingerprint density at radius 1 is 0.907 bits per heavy atom. The normalized spacial score (nSPS) is 17.4. The Labute approximate surface area is 258 Å². The number of rotatable bonds is 9. The SMILES string of the molecule is CCOc1cc(C2C3=C(CCCC3=O)N(CCOC)C3=C2C(=O)CCC3)cc(Cl)c1OCc1c(C)ccc2ccccc12. The average Bonchev–Trinajstić information content (AvgIpc) is 3.00. The predicted octanol–water partition coefficient (Wildman–Crippen LogP) is 7.84. The van der Waals surface area contributed by atoms with Crippen molar-refractivity contribution in [3.05, 3.63) is 92.8 Å². The molecule has 0 fully saturated rings. The summed E-state index contributed by atoms with van der Waals surface area (Å²) in [6.07, 6.45) is 4.14. The maximum atomic E-state index is 13.6. The van der Waals surface area contributed by atoms with Crippen LogP contribution in [-0.2, 0) is 20.9 Å². The largest absolute Gasteiger partial charge is 0.490 e. The molecule has 7 heteroatoms. The van der Waals surface area contributed by atoms with Crippen molar-refractivity contribution in [1.29, 1.82) is 0 Å². The smallest absolute Gasteiger partial charge is 0.180 e. The Balaban J connectivity index is 1.44. The molecule has 2 aliphatic carbocycles. The van der Waals surface area contributed by atoms with E-state index in [1.165, 1.54) is 0 Å². The van der Waals surface area contributed by atoms with Crippen molar-refractivity contribution in [1.82, 2.24) is 4.90 Å². The van der Waals surface area contributed by atoms with Crippen LogP contribution < -0.4 is 9.47 Å². The second-order valence-corrected chi connectivity index (χ2v) is 11.9. The highest BCUT2D eigenvalue weighted by molar-refractivity contribution is 6.32. The van der Waals surface area contributed by atoms with Gasteiger partial charge >= 0.3 is 0 Å². The summed E-state index contributed by atoms with van der Waals surface area (Å²) in [6, 6.07) is 16.3. The number of aryl methyl sites for hydroxylation is 1. The van der Waals surface area contributed by atoms with Crippen molar-refractivity contribution < 1.29 is 23.8 Å². The van der Waals surface area contributed by atoms with Crippen molar-refractivity contribution in [2.75, 3.05) is 26.9 Å². The fourth-order valence-corrected chi connectivity index (χ4v) is 7.21. The van der Waals surface area contributed by atoms with E-state index in [0.717, 1.165) is 75.7 Å². The lowest BCUT2D eigenvalue weighted by molar-refractivity contribution is -0.117. The molecule has 3 aromatic carbocycles. The van der Waals surface area contributed by atoms with Crippen molar-refractivity contribution in [3.8, 4) is 11.5 Å². The van der Waals surface area contributed by atoms with E-state index in [-0.39, 0.29) is 11.6 Å². The number of ketones is 2. The summed E-state index contributed by atoms with van der Waals surface area (Å²) in [6.45, 7) is 5.88. The number of Topliss-reactive ketones (excluding diaryl/α,β-unsaturated/α-hetero) is 2. The summed E-state index contributed by atoms with van der Waals surface area (Å²) in [5.41, 5.74) is 6.49. The van der Waals surface area contributed by atoms with Crippen LogP contribution in [0.5, 0.6) is 11.5 Å². The van der Waals surface area contributed by atoms with Gasteiger partial charge in [-0.1, -0.05) is 48.0 Å². The number of fused-ring (bicyclic) bond motifs is 1. The summed E-state index contributed by atoms with van der Waals surface area (Å²) < 4.78 is 18.0. The topological polar surface area (TPSA) is 65.1 Å². The minimum absolute atomic E-state index is 0.0967. The summed E-state index contributed by atoms with van der Waals surface area (Å²) in [4.78, 5) is 29.5. The molecule has 0 bridgehead atoms. The maximum Gasteiger partial charge on any atom is 0.180 e. The van der Waals surface area contributed by atoms with Crippen molar-refractivity contribution in [3.63, 3.8) is 0 Å². The number of benzene rings is 3. The van der Waals surface area contributed by atoms with Gasteiger partial charge < -0.3 is 19.1 Å². The molecule has 1 heterocycles. The first-order valence-electron chi connectivity index (χ1n) is 15.3. The molecular formula is C36H38ClNO5. The number of carbonyl (C=O) groups is 2. The van der Waals surface area contributed by atoms with Gasteiger partial charge in [-0.05, 0) is 73.6 Å². The van der Waals surface area contributed by atoms with E-state index in [9.17, 15) is 9.59 Å². The van der Waals surface area contributed by atoms with Crippen LogP contribution in [0.15, 0.2) is 71.1 Å². The molecule has 224 valence electrons. The third-order valence-electron chi connectivity index (χ3n) is 8.91. The number of halogens is 1. The van der Waals surface area contributed by atoms with Crippen LogP contribution in [-0.4, -0.2) is 43.3 Å². The van der Waals surface area contributed by atoms with Crippen LogP contribution in [0.25, 0.3) is 10.8 Å². The highest BCUT2D eigenvalue weighted by atomic mass is 35.5. The van der Waals surface area contributed by atoms with E-state index in [0.29, 0.717) is 55.7 Å². The zero-order valence-electron chi connectivity index (χ0n) is 25.1. The Morgan fingerprint density at radius 3 is 2.28 bits per heavy atom. The molecular weight excluding hydrogens is 562 g/mol. The molecule has 6 rings (SSSR count). The Kier molecular flexibility index (Phi) is 8.60. The summed E-state index contributed by atoms with van der Waals surface area (Å²) in [7, 11) is 1.68. The zero-order chi connectivity index (χ0) is 30.1. The highest BCUT2D eigenvalue weighted by Crippen LogP contribution is 2.51. The fraction of sp³-hybridized carbons (Fsp3) is 0.389. The summed E-state index contributed by atoms with van der Waals surface area (Å²) >= 11 is 7.00. The van der Waals surface area contributed by atoms with E-state index in [2.05, 4.69) is 36.1 Å². The molecule has 0 saturated carbocycles. The van der Waals surface area contributed by atoms with E-state index < -0.39 is 5.92 Å². The van der Waals surface area contributed by atoms with E-state index in [1.54, 1.807) is 7.11 Å². The first-order chi connectivity index (χ1) is 20.9. The first kappa shape index (κ1) is 29.5. The number of nitrogens with zero attached hydrogens (tertiary/aromatic N) is 1. The Bertz CT molecular complexity index is 1610. The van der Waals surface area contributed by atoms with Gasteiger partial charge in [-0.2, -0.15) is 0 Å². The molecule has 3 aliphatic rings. The number of hydrogen-bond donors (Lipinski definition) is 0. The number of hydrogen-bond acceptors (Lipinski definition) is 6. The van der Waals surface area contributed by atoms with Crippen molar-refractivity contribution in [2.24, 2.45) is 0 Å². The molecule has 0 amide bonds. The number of ether oxygens (including phenoxy) is 3. The molecule has 0 spiro atoms. The molecule has 0 N–H and O–H groups in total. The molecule has 0 aromatic heterocycles. The second-order valence-electron chi connectivity index (χ2n) is 11.5. The van der Waals surface area contributed by atoms with Gasteiger partial charge in [-0.25, -0.2) is 0 Å². The number of methoxy groups -OCH3 is 1. The van der Waals surface area contributed by atoms with Crippen molar-refractivity contribution >= 4 is 33.9 Å². The molecule has 0 radical (unpaired) electrons. The maximum absolute atomic E-state index is 13.6. The highest BCUT2D eigenvalue weighted by Gasteiger charge is 2.43. The Hall–Kier alpha value is -3.61. The average molecular weight is 600 g/mol. The van der Waals surface area contributed by atoms with Gasteiger partial charge in [0.2, 0.25) is 0 Å². The van der Waals surface area contributed by atoms with Crippen LogP contribution in [0.4, 0.5) is 0 Å². The molecule has 1 aliphatic heterocycles. The monoisotopic (exact) mass is 599 g/mol. The van der Waals surface area contributed by atoms with Crippen LogP contribution in [0.1, 0.15) is 68.1 Å². The lowest BCUT2D eigenvalue weighted by Crippen LogP contribution is -2.40. The van der Waals surface area contributed by atoms with Gasteiger partial charge in [0.15, 0.2) is 23.1 Å². The standard InChI is InChI=1S/C36H38ClNO5/c1-4-42-32-20-24(19-27(37)36(32)43-21-26-22(2)15-16-23-9-5-6-10-25(23)26)33-34-28(11-7-13-30(34)39)38(17-18-41-3)29-12-8-14-31(40)35(29)33/h5-6,9-10,15-16,19-20,33H,4,7-8,11-14,17-18,21H2,1-3H3. The van der Waals surface area contributed by atoms with Crippen molar-refractivity contribution in [2.45, 2.75) is 64.9 Å². The molecule has 0 atom stereocenters. The quantitative estimate of drug-likeness (QED) is 0.250. The van der Waals surface area contributed by atoms with Gasteiger partial charge in [0.25, 0.3) is 0 Å². The third-order valence-corrected chi connectivity index (χ3v) is 9.19. The second kappa shape index (κ2) is 12.6. The fourth-order valence-electron chi connectivity index (χ4n) is 6.94. The van der Waals surface area contributed by atoms with Gasteiger partial charge in [0, 0.05) is 60.5 Å². The molecule has 0 saturated heterocycles. The summed E-state index contributed by atoms with van der Waals surface area (Å²) in [5.74, 6) is 0.695. The van der Waals surface area contributed by atoms with Gasteiger partial charge in [-0.15, -0.1) is 0 Å². The lowest BCUT2D eigenvalue weighted by Gasteiger charge is -2.44. The predicted molar refractivity (Wildman–Crippen MR) is 169 cm³/mol. The molecule has 3 aromatic rings. The van der Waals surface area contributed by atoms with Crippen LogP contribution in [0, 0.1) is 6.92 Å². The van der Waals surface area contributed by atoms with E-state index in [1.807, 2.05) is 31.2 Å². The molecule has 0 unspecified atom stereocenters. The number of carbonyl (C=O) groups excluding carboxylic acids is 2. The zero-order valence-corrected chi connectivity index (χ0v) is 25.9. The third kappa shape index (κ3) is 5.47. The summed E-state index contributed by atoms with van der Waals surface area (Å²) in [5, 5.41) is 2.69. The van der Waals surface area contributed by atoms with Crippen LogP contribution in [0.3, 0.4) is 0 Å². The molecule has 6 nitrogen and oxygen atoms in total. The number of allylic oxidation sites excluding steroid dienone is 4. The van der Waals surface area contributed by atoms with E-state index in [4.69, 9.17) is 25.8 Å². The van der Waals surface area contributed by atoms with Gasteiger partial charge in [-0.3, -0.25) is 9.59 Å². The van der Waals surface area contributed by atoms with Crippen LogP contribution >= 0.6 is 11.6 Å².